The zero-order chi connectivity index (χ0) is 21.4. The van der Waals surface area contributed by atoms with E-state index in [0.29, 0.717) is 21.7 Å². The molecule has 0 atom stereocenters. The van der Waals surface area contributed by atoms with E-state index in [9.17, 15) is 4.79 Å². The summed E-state index contributed by atoms with van der Waals surface area (Å²) in [7, 11) is 0. The van der Waals surface area contributed by atoms with E-state index >= 15 is 0 Å². The third-order valence-corrected chi connectivity index (χ3v) is 5.67. The summed E-state index contributed by atoms with van der Waals surface area (Å²) in [4.78, 5) is 18.3. The number of aryl methyl sites for hydroxylation is 1. The van der Waals surface area contributed by atoms with E-state index in [1.807, 2.05) is 73.7 Å². The summed E-state index contributed by atoms with van der Waals surface area (Å²) in [5.74, 6) is 0.571. The summed E-state index contributed by atoms with van der Waals surface area (Å²) in [6.07, 6.45) is 3.92. The predicted octanol–water partition coefficient (Wildman–Crippen LogP) is 6.67. The van der Waals surface area contributed by atoms with Gasteiger partial charge in [-0.05, 0) is 65.2 Å². The zero-order valence-electron chi connectivity index (χ0n) is 16.9. The molecule has 4 aromatic carbocycles. The number of para-hydroxylation sites is 1. The molecule has 5 rings (SSSR count). The molecule has 0 saturated carbocycles. The molecule has 31 heavy (non-hydrogen) atoms. The van der Waals surface area contributed by atoms with Crippen LogP contribution >= 0.6 is 11.6 Å². The molecule has 1 aromatic heterocycles. The van der Waals surface area contributed by atoms with E-state index in [1.165, 1.54) is 5.39 Å². The molecule has 5 aromatic rings. The molecule has 0 radical (unpaired) electrons. The van der Waals surface area contributed by atoms with Gasteiger partial charge in [0.15, 0.2) is 0 Å². The van der Waals surface area contributed by atoms with Crippen molar-refractivity contribution >= 4 is 45.4 Å². The Balaban J connectivity index is 1.76. The monoisotopic (exact) mass is 422 g/mol. The third kappa shape index (κ3) is 3.54. The average molecular weight is 423 g/mol. The van der Waals surface area contributed by atoms with Crippen LogP contribution in [0.15, 0.2) is 89.7 Å². The highest BCUT2D eigenvalue weighted by Crippen LogP contribution is 2.23. The second-order valence-electron chi connectivity index (χ2n) is 7.46. The van der Waals surface area contributed by atoms with Crippen molar-refractivity contribution in [1.29, 1.82) is 0 Å². The van der Waals surface area contributed by atoms with Crippen molar-refractivity contribution in [2.45, 2.75) is 6.92 Å². The molecule has 0 aliphatic rings. The van der Waals surface area contributed by atoms with Gasteiger partial charge in [-0.25, -0.2) is 4.98 Å². The van der Waals surface area contributed by atoms with Crippen LogP contribution in [0.25, 0.3) is 39.5 Å². The number of aromatic nitrogens is 2. The fourth-order valence-electron chi connectivity index (χ4n) is 3.92. The van der Waals surface area contributed by atoms with E-state index in [2.05, 4.69) is 24.3 Å². The number of nitrogens with zero attached hydrogens (tertiary/aromatic N) is 2. The molecule has 150 valence electrons. The number of halogens is 1. The third-order valence-electron chi connectivity index (χ3n) is 5.44. The van der Waals surface area contributed by atoms with Crippen molar-refractivity contribution in [1.82, 2.24) is 9.55 Å². The fourth-order valence-corrected chi connectivity index (χ4v) is 4.15. The Hall–Kier alpha value is -3.69. The predicted molar refractivity (Wildman–Crippen MR) is 130 cm³/mol. The maximum absolute atomic E-state index is 13.5. The molecule has 0 N–H and O–H groups in total. The number of rotatable bonds is 3. The van der Waals surface area contributed by atoms with Gasteiger partial charge < -0.3 is 0 Å². The van der Waals surface area contributed by atoms with Crippen LogP contribution in [0.4, 0.5) is 0 Å². The molecule has 0 unspecified atom stereocenters. The van der Waals surface area contributed by atoms with E-state index in [0.717, 1.165) is 22.2 Å². The molecule has 4 heteroatoms. The van der Waals surface area contributed by atoms with Crippen molar-refractivity contribution in [3.8, 4) is 5.69 Å². The fraction of sp³-hybridized carbons (Fsp3) is 0.0370. The normalized spacial score (nSPS) is 11.5. The van der Waals surface area contributed by atoms with Crippen LogP contribution in [0.2, 0.25) is 5.02 Å². The lowest BCUT2D eigenvalue weighted by molar-refractivity contribution is 0.934. The SMILES string of the molecule is Cc1cc(Cl)ccc1-n1c(/C=C/c2cccc3ccccc23)nc2ccccc2c1=O. The minimum atomic E-state index is -0.103. The molecule has 0 aliphatic carbocycles. The van der Waals surface area contributed by atoms with Gasteiger partial charge in [-0.1, -0.05) is 72.3 Å². The van der Waals surface area contributed by atoms with E-state index in [4.69, 9.17) is 16.6 Å². The molecule has 0 saturated heterocycles. The maximum atomic E-state index is 13.5. The van der Waals surface area contributed by atoms with Gasteiger partial charge in [-0.15, -0.1) is 0 Å². The first-order valence-corrected chi connectivity index (χ1v) is 10.4. The minimum Gasteiger partial charge on any atom is -0.268 e. The van der Waals surface area contributed by atoms with Gasteiger partial charge in [0.25, 0.3) is 5.56 Å². The zero-order valence-corrected chi connectivity index (χ0v) is 17.7. The lowest BCUT2D eigenvalue weighted by atomic mass is 10.0. The molecular formula is C27H19ClN2O. The number of benzene rings is 4. The number of fused-ring (bicyclic) bond motifs is 2. The van der Waals surface area contributed by atoms with Crippen molar-refractivity contribution in [3.63, 3.8) is 0 Å². The van der Waals surface area contributed by atoms with Crippen LogP contribution < -0.4 is 5.56 Å². The van der Waals surface area contributed by atoms with Crippen molar-refractivity contribution in [2.24, 2.45) is 0 Å². The Morgan fingerprint density at radius 1 is 0.839 bits per heavy atom. The number of hydrogen-bond donors (Lipinski definition) is 0. The molecule has 0 aliphatic heterocycles. The van der Waals surface area contributed by atoms with Gasteiger partial charge in [0.1, 0.15) is 5.82 Å². The van der Waals surface area contributed by atoms with Gasteiger partial charge in [-0.2, -0.15) is 0 Å². The second kappa shape index (κ2) is 7.86. The number of hydrogen-bond acceptors (Lipinski definition) is 2. The van der Waals surface area contributed by atoms with E-state index in [1.54, 1.807) is 10.6 Å². The van der Waals surface area contributed by atoms with Crippen molar-refractivity contribution in [2.75, 3.05) is 0 Å². The van der Waals surface area contributed by atoms with Gasteiger partial charge in [0.05, 0.1) is 16.6 Å². The van der Waals surface area contributed by atoms with Crippen LogP contribution in [-0.2, 0) is 0 Å². The van der Waals surface area contributed by atoms with Crippen molar-refractivity contribution < 1.29 is 0 Å². The van der Waals surface area contributed by atoms with Crippen LogP contribution in [-0.4, -0.2) is 9.55 Å². The Kier molecular flexibility index (Phi) is 4.89. The Morgan fingerprint density at radius 3 is 2.42 bits per heavy atom. The maximum Gasteiger partial charge on any atom is 0.266 e. The Bertz CT molecular complexity index is 1530. The first kappa shape index (κ1) is 19.3. The molecule has 3 nitrogen and oxygen atoms in total. The Morgan fingerprint density at radius 2 is 1.58 bits per heavy atom. The Labute approximate surface area is 184 Å². The van der Waals surface area contributed by atoms with Gasteiger partial charge in [-0.3, -0.25) is 9.36 Å². The molecular weight excluding hydrogens is 404 g/mol. The van der Waals surface area contributed by atoms with Gasteiger partial charge in [0.2, 0.25) is 0 Å². The van der Waals surface area contributed by atoms with Crippen LogP contribution in [0.5, 0.6) is 0 Å². The summed E-state index contributed by atoms with van der Waals surface area (Å²) in [6, 6.07) is 27.4. The highest BCUT2D eigenvalue weighted by molar-refractivity contribution is 6.30. The first-order chi connectivity index (χ1) is 15.1. The summed E-state index contributed by atoms with van der Waals surface area (Å²) in [5, 5.41) is 3.54. The van der Waals surface area contributed by atoms with E-state index in [-0.39, 0.29) is 5.56 Å². The average Bonchev–Trinajstić information content (AvgIpc) is 2.78. The summed E-state index contributed by atoms with van der Waals surface area (Å²) < 4.78 is 1.66. The summed E-state index contributed by atoms with van der Waals surface area (Å²) in [6.45, 7) is 1.95. The first-order valence-electron chi connectivity index (χ1n) is 10.1. The standard InChI is InChI=1S/C27H19ClN2O/c1-18-17-21(28)14-15-25(18)30-26(29-24-12-5-4-11-23(24)27(30)31)16-13-20-9-6-8-19-7-2-3-10-22(19)20/h2-17H,1H3/b16-13+. The van der Waals surface area contributed by atoms with E-state index < -0.39 is 0 Å². The van der Waals surface area contributed by atoms with Crippen LogP contribution in [0, 0.1) is 6.92 Å². The minimum absolute atomic E-state index is 0.103. The largest absolute Gasteiger partial charge is 0.268 e. The molecule has 1 heterocycles. The molecule has 0 bridgehead atoms. The lowest BCUT2D eigenvalue weighted by Gasteiger charge is -2.14. The topological polar surface area (TPSA) is 34.9 Å². The summed E-state index contributed by atoms with van der Waals surface area (Å²) >= 11 is 6.16. The highest BCUT2D eigenvalue weighted by Gasteiger charge is 2.13. The second-order valence-corrected chi connectivity index (χ2v) is 7.90. The molecule has 0 amide bonds. The molecule has 0 spiro atoms. The quantitative estimate of drug-likeness (QED) is 0.325. The molecule has 0 fully saturated rings. The highest BCUT2D eigenvalue weighted by atomic mass is 35.5. The smallest absolute Gasteiger partial charge is 0.266 e. The van der Waals surface area contributed by atoms with Crippen molar-refractivity contribution in [3.05, 3.63) is 117 Å². The lowest BCUT2D eigenvalue weighted by Crippen LogP contribution is -2.23. The van der Waals surface area contributed by atoms with Gasteiger partial charge >= 0.3 is 0 Å². The van der Waals surface area contributed by atoms with Crippen LogP contribution in [0.3, 0.4) is 0 Å². The summed E-state index contributed by atoms with van der Waals surface area (Å²) in [5.41, 5.74) is 3.32. The van der Waals surface area contributed by atoms with Crippen LogP contribution in [0.1, 0.15) is 17.0 Å². The van der Waals surface area contributed by atoms with Gasteiger partial charge in [0, 0.05) is 5.02 Å².